The van der Waals surface area contributed by atoms with Gasteiger partial charge >= 0.3 is 0 Å². The minimum atomic E-state index is 0.452. The van der Waals surface area contributed by atoms with Crippen LogP contribution in [0.4, 0.5) is 5.69 Å². The van der Waals surface area contributed by atoms with Gasteiger partial charge in [-0.2, -0.15) is 0 Å². The first-order chi connectivity index (χ1) is 8.74. The zero-order valence-electron chi connectivity index (χ0n) is 10.7. The fourth-order valence-electron chi connectivity index (χ4n) is 1.41. The van der Waals surface area contributed by atoms with Gasteiger partial charge in [-0.25, -0.2) is 0 Å². The zero-order chi connectivity index (χ0) is 13.2. The molecule has 0 aliphatic heterocycles. The number of ether oxygens (including phenoxy) is 3. The smallest absolute Gasteiger partial charge is 0.0738 e. The molecule has 0 radical (unpaired) electrons. The minimum Gasteiger partial charge on any atom is -0.398 e. The molecule has 0 saturated carbocycles. The summed E-state index contributed by atoms with van der Waals surface area (Å²) in [4.78, 5) is 0. The fraction of sp³-hybridized carbons (Fsp3) is 0.538. The van der Waals surface area contributed by atoms with E-state index in [0.29, 0.717) is 37.1 Å². The van der Waals surface area contributed by atoms with E-state index < -0.39 is 0 Å². The van der Waals surface area contributed by atoms with E-state index in [4.69, 9.17) is 31.5 Å². The predicted octanol–water partition coefficient (Wildman–Crippen LogP) is 2.49. The molecule has 102 valence electrons. The van der Waals surface area contributed by atoms with Crippen molar-refractivity contribution in [3.63, 3.8) is 0 Å². The Hall–Kier alpha value is -0.810. The van der Waals surface area contributed by atoms with Crippen LogP contribution >= 0.6 is 11.6 Å². The lowest BCUT2D eigenvalue weighted by Gasteiger charge is -2.08. The van der Waals surface area contributed by atoms with Gasteiger partial charge in [-0.05, 0) is 24.6 Å². The van der Waals surface area contributed by atoms with Gasteiger partial charge in [-0.1, -0.05) is 11.6 Å². The molecule has 0 amide bonds. The average molecular weight is 274 g/mol. The van der Waals surface area contributed by atoms with Crippen molar-refractivity contribution in [1.29, 1.82) is 0 Å². The molecule has 5 heteroatoms. The summed E-state index contributed by atoms with van der Waals surface area (Å²) in [5.41, 5.74) is 7.40. The van der Waals surface area contributed by atoms with Crippen LogP contribution < -0.4 is 5.73 Å². The standard InChI is InChI=1S/C13H20ClNO3/c1-16-5-2-6-17-7-8-18-10-11-9-12(14)3-4-13(11)15/h3-4,9H,2,5-8,10,15H2,1H3. The summed E-state index contributed by atoms with van der Waals surface area (Å²) >= 11 is 5.88. The van der Waals surface area contributed by atoms with E-state index in [1.54, 1.807) is 19.2 Å². The van der Waals surface area contributed by atoms with E-state index >= 15 is 0 Å². The molecule has 0 spiro atoms. The molecule has 0 aromatic heterocycles. The number of methoxy groups -OCH3 is 1. The summed E-state index contributed by atoms with van der Waals surface area (Å²) in [7, 11) is 1.68. The van der Waals surface area contributed by atoms with Crippen molar-refractivity contribution < 1.29 is 14.2 Å². The summed E-state index contributed by atoms with van der Waals surface area (Å²) in [6.07, 6.45) is 0.901. The second kappa shape index (κ2) is 9.16. The van der Waals surface area contributed by atoms with E-state index in [2.05, 4.69) is 0 Å². The molecule has 0 bridgehead atoms. The highest BCUT2D eigenvalue weighted by atomic mass is 35.5. The number of nitrogen functional groups attached to an aromatic ring is 1. The van der Waals surface area contributed by atoms with Gasteiger partial charge in [-0.15, -0.1) is 0 Å². The number of halogens is 1. The molecular weight excluding hydrogens is 254 g/mol. The highest BCUT2D eigenvalue weighted by Gasteiger charge is 2.00. The van der Waals surface area contributed by atoms with Crippen molar-refractivity contribution in [3.05, 3.63) is 28.8 Å². The van der Waals surface area contributed by atoms with Gasteiger partial charge in [0.1, 0.15) is 0 Å². The number of hydrogen-bond acceptors (Lipinski definition) is 4. The lowest BCUT2D eigenvalue weighted by molar-refractivity contribution is 0.0338. The maximum Gasteiger partial charge on any atom is 0.0738 e. The van der Waals surface area contributed by atoms with E-state index in [1.807, 2.05) is 6.07 Å². The summed E-state index contributed by atoms with van der Waals surface area (Å²) in [6, 6.07) is 5.36. The van der Waals surface area contributed by atoms with E-state index in [1.165, 1.54) is 0 Å². The maximum atomic E-state index is 5.88. The maximum absolute atomic E-state index is 5.88. The largest absolute Gasteiger partial charge is 0.398 e. The average Bonchev–Trinajstić information content (AvgIpc) is 2.36. The van der Waals surface area contributed by atoms with Gasteiger partial charge in [0, 0.05) is 36.6 Å². The molecule has 18 heavy (non-hydrogen) atoms. The Balaban J connectivity index is 2.09. The van der Waals surface area contributed by atoms with Gasteiger partial charge in [-0.3, -0.25) is 0 Å². The van der Waals surface area contributed by atoms with Gasteiger partial charge in [0.2, 0.25) is 0 Å². The first kappa shape index (κ1) is 15.2. The Kier molecular flexibility index (Phi) is 7.76. The van der Waals surface area contributed by atoms with Crippen molar-refractivity contribution in [2.24, 2.45) is 0 Å². The molecule has 1 rings (SSSR count). The monoisotopic (exact) mass is 273 g/mol. The second-order valence-corrected chi connectivity index (χ2v) is 4.29. The highest BCUT2D eigenvalue weighted by molar-refractivity contribution is 6.30. The van der Waals surface area contributed by atoms with Gasteiger partial charge in [0.25, 0.3) is 0 Å². The summed E-state index contributed by atoms with van der Waals surface area (Å²) in [6.45, 7) is 2.98. The van der Waals surface area contributed by atoms with Crippen LogP contribution in [0.25, 0.3) is 0 Å². The summed E-state index contributed by atoms with van der Waals surface area (Å²) in [5.74, 6) is 0. The van der Waals surface area contributed by atoms with E-state index in [9.17, 15) is 0 Å². The van der Waals surface area contributed by atoms with Crippen LogP contribution in [0.3, 0.4) is 0 Å². The Morgan fingerprint density at radius 2 is 1.89 bits per heavy atom. The van der Waals surface area contributed by atoms with Crippen LogP contribution in [0.5, 0.6) is 0 Å². The lowest BCUT2D eigenvalue weighted by atomic mass is 10.2. The van der Waals surface area contributed by atoms with Crippen LogP contribution in [0.15, 0.2) is 18.2 Å². The SMILES string of the molecule is COCCCOCCOCc1cc(Cl)ccc1N. The Morgan fingerprint density at radius 3 is 2.67 bits per heavy atom. The van der Waals surface area contributed by atoms with Gasteiger partial charge < -0.3 is 19.9 Å². The fourth-order valence-corrected chi connectivity index (χ4v) is 1.60. The van der Waals surface area contributed by atoms with Crippen LogP contribution in [0.2, 0.25) is 5.02 Å². The predicted molar refractivity (Wildman–Crippen MR) is 72.8 cm³/mol. The quantitative estimate of drug-likeness (QED) is 0.555. The molecule has 0 unspecified atom stereocenters. The molecule has 2 N–H and O–H groups in total. The van der Waals surface area contributed by atoms with E-state index in [0.717, 1.165) is 18.6 Å². The molecule has 1 aromatic rings. The third kappa shape index (κ3) is 6.21. The molecule has 0 aliphatic carbocycles. The topological polar surface area (TPSA) is 53.7 Å². The first-order valence-corrected chi connectivity index (χ1v) is 6.30. The van der Waals surface area contributed by atoms with Crippen LogP contribution in [-0.4, -0.2) is 33.5 Å². The number of rotatable bonds is 9. The van der Waals surface area contributed by atoms with Crippen molar-refractivity contribution in [2.75, 3.05) is 39.3 Å². The Labute approximate surface area is 113 Å². The Morgan fingerprint density at radius 1 is 1.11 bits per heavy atom. The van der Waals surface area contributed by atoms with Crippen molar-refractivity contribution in [2.45, 2.75) is 13.0 Å². The number of anilines is 1. The Bertz CT molecular complexity index is 347. The molecule has 0 atom stereocenters. The third-order valence-corrected chi connectivity index (χ3v) is 2.61. The van der Waals surface area contributed by atoms with Crippen LogP contribution in [-0.2, 0) is 20.8 Å². The molecular formula is C13H20ClNO3. The van der Waals surface area contributed by atoms with Crippen LogP contribution in [0, 0.1) is 0 Å². The molecule has 0 aliphatic rings. The molecule has 0 saturated heterocycles. The van der Waals surface area contributed by atoms with Crippen molar-refractivity contribution in [1.82, 2.24) is 0 Å². The molecule has 4 nitrogen and oxygen atoms in total. The number of benzene rings is 1. The second-order valence-electron chi connectivity index (χ2n) is 3.85. The van der Waals surface area contributed by atoms with Gasteiger partial charge in [0.15, 0.2) is 0 Å². The summed E-state index contributed by atoms with van der Waals surface area (Å²) < 4.78 is 15.7. The van der Waals surface area contributed by atoms with Crippen molar-refractivity contribution in [3.8, 4) is 0 Å². The molecule has 1 aromatic carbocycles. The zero-order valence-corrected chi connectivity index (χ0v) is 11.4. The normalized spacial score (nSPS) is 10.8. The van der Waals surface area contributed by atoms with Crippen molar-refractivity contribution >= 4 is 17.3 Å². The molecule has 0 heterocycles. The first-order valence-electron chi connectivity index (χ1n) is 5.92. The number of hydrogen-bond donors (Lipinski definition) is 1. The van der Waals surface area contributed by atoms with Crippen LogP contribution in [0.1, 0.15) is 12.0 Å². The molecule has 0 fully saturated rings. The lowest BCUT2D eigenvalue weighted by Crippen LogP contribution is -2.07. The number of nitrogens with two attached hydrogens (primary N) is 1. The highest BCUT2D eigenvalue weighted by Crippen LogP contribution is 2.18. The third-order valence-electron chi connectivity index (χ3n) is 2.37. The minimum absolute atomic E-state index is 0.452. The van der Waals surface area contributed by atoms with E-state index in [-0.39, 0.29) is 0 Å². The summed E-state index contributed by atoms with van der Waals surface area (Å²) in [5, 5.41) is 0.665. The van der Waals surface area contributed by atoms with Gasteiger partial charge in [0.05, 0.1) is 19.8 Å².